The van der Waals surface area contributed by atoms with E-state index in [4.69, 9.17) is 0 Å². The third-order valence-electron chi connectivity index (χ3n) is 6.51. The topological polar surface area (TPSA) is 0 Å². The molecule has 6 heteroatoms. The molecule has 3 saturated carbocycles. The Balaban J connectivity index is 1.38. The van der Waals surface area contributed by atoms with Crippen LogP contribution < -0.4 is 0 Å². The van der Waals surface area contributed by atoms with E-state index in [0.717, 1.165) is 0 Å². The van der Waals surface area contributed by atoms with Crippen molar-refractivity contribution < 1.29 is 8.78 Å². The van der Waals surface area contributed by atoms with E-state index in [2.05, 4.69) is 0 Å². The Labute approximate surface area is 161 Å². The highest BCUT2D eigenvalue weighted by Crippen LogP contribution is 2.59. The number of hydrogen-bond donors (Lipinski definition) is 0. The van der Waals surface area contributed by atoms with Crippen LogP contribution in [-0.4, -0.2) is 54.3 Å². The van der Waals surface area contributed by atoms with Crippen LogP contribution in [0.2, 0.25) is 0 Å². The predicted octanol–water partition coefficient (Wildman–Crippen LogP) is 5.73. The van der Waals surface area contributed by atoms with Gasteiger partial charge >= 0.3 is 0 Å². The van der Waals surface area contributed by atoms with Gasteiger partial charge in [0.2, 0.25) is 0 Å². The Kier molecular flexibility index (Phi) is 5.07. The number of alkyl halides is 2. The fourth-order valence-electron chi connectivity index (χ4n) is 5.26. The van der Waals surface area contributed by atoms with Crippen molar-refractivity contribution in [1.82, 2.24) is 0 Å². The molecule has 0 nitrogen and oxygen atoms in total. The van der Waals surface area contributed by atoms with E-state index in [1.165, 1.54) is 51.4 Å². The van der Waals surface area contributed by atoms with Crippen LogP contribution in [0, 0.1) is 0 Å². The lowest BCUT2D eigenvalue weighted by atomic mass is 9.94. The van der Waals surface area contributed by atoms with Gasteiger partial charge in [-0.15, -0.1) is 47.0 Å². The summed E-state index contributed by atoms with van der Waals surface area (Å²) in [6.07, 6.45) is 8.37. The van der Waals surface area contributed by atoms with Crippen molar-refractivity contribution in [2.45, 2.75) is 106 Å². The number of halogens is 2. The highest BCUT2D eigenvalue weighted by Gasteiger charge is 2.59. The molecule has 0 radical (unpaired) electrons. The Morgan fingerprint density at radius 3 is 0.958 bits per heavy atom. The van der Waals surface area contributed by atoms with Crippen LogP contribution >= 0.6 is 47.0 Å². The maximum Gasteiger partial charge on any atom is 0.126 e. The van der Waals surface area contributed by atoms with Gasteiger partial charge < -0.3 is 0 Å². The van der Waals surface area contributed by atoms with E-state index in [1.807, 2.05) is 47.0 Å². The predicted molar refractivity (Wildman–Crippen MR) is 107 cm³/mol. The summed E-state index contributed by atoms with van der Waals surface area (Å²) in [6, 6.07) is 0. The summed E-state index contributed by atoms with van der Waals surface area (Å²) in [7, 11) is 0. The summed E-state index contributed by atoms with van der Waals surface area (Å²) in [5, 5.41) is 1.92. The van der Waals surface area contributed by atoms with Crippen molar-refractivity contribution in [2.24, 2.45) is 0 Å². The highest BCUT2D eigenvalue weighted by molar-refractivity contribution is 8.09. The second-order valence-corrected chi connectivity index (χ2v) is 13.7. The molecule has 0 N–H and O–H groups in total. The van der Waals surface area contributed by atoms with Crippen molar-refractivity contribution >= 4 is 47.0 Å². The fraction of sp³-hybridized carbons (Fsp3) is 1.00. The summed E-state index contributed by atoms with van der Waals surface area (Å²) in [6.45, 7) is 0. The van der Waals surface area contributed by atoms with Crippen LogP contribution in [0.4, 0.5) is 8.78 Å². The third kappa shape index (κ3) is 2.88. The lowest BCUT2D eigenvalue weighted by Gasteiger charge is -2.55. The first-order chi connectivity index (χ1) is 11.7. The molecule has 5 aliphatic rings. The molecule has 0 aromatic rings. The minimum atomic E-state index is -0.812. The molecule has 0 amide bonds. The summed E-state index contributed by atoms with van der Waals surface area (Å²) in [5.41, 5.74) is 0. The molecule has 0 aromatic heterocycles. The van der Waals surface area contributed by atoms with Crippen molar-refractivity contribution in [3.8, 4) is 0 Å². The number of fused-ring (bicyclic) bond motifs is 4. The maximum absolute atomic E-state index is 15.5. The minimum absolute atomic E-state index is 0.0983. The first-order valence-corrected chi connectivity index (χ1v) is 13.4. The van der Waals surface area contributed by atoms with E-state index in [9.17, 15) is 0 Å². The van der Waals surface area contributed by atoms with Gasteiger partial charge in [-0.05, 0) is 25.7 Å². The molecule has 8 atom stereocenters. The van der Waals surface area contributed by atoms with Crippen molar-refractivity contribution in [3.63, 3.8) is 0 Å². The molecule has 24 heavy (non-hydrogen) atoms. The first-order valence-electron chi connectivity index (χ1n) is 9.62. The molecule has 136 valence electrons. The summed E-state index contributed by atoms with van der Waals surface area (Å²) >= 11 is 7.35. The number of hydrogen-bond acceptors (Lipinski definition) is 4. The molecule has 5 rings (SSSR count). The average Bonchev–Trinajstić information content (AvgIpc) is 2.64. The highest BCUT2D eigenvalue weighted by atomic mass is 32.2. The third-order valence-corrected chi connectivity index (χ3v) is 14.3. The second-order valence-electron chi connectivity index (χ2n) is 8.01. The molecule has 0 spiro atoms. The Hall–Kier alpha value is 1.26. The van der Waals surface area contributed by atoms with Gasteiger partial charge in [0.25, 0.3) is 0 Å². The molecule has 5 fully saturated rings. The van der Waals surface area contributed by atoms with E-state index in [0.29, 0.717) is 21.0 Å². The Morgan fingerprint density at radius 2 is 0.708 bits per heavy atom. The van der Waals surface area contributed by atoms with E-state index >= 15 is 8.78 Å². The standard InChI is InChI=1S/C18H26F2S4/c19-13-15-16(22-10-6-2-1-5-9(10)21-15)14(20)18-17(13)23-11-7-3-4-8-12(11)24-18/h9-18H,1-8H2. The minimum Gasteiger partial charge on any atom is -0.245 e. The Morgan fingerprint density at radius 1 is 0.458 bits per heavy atom. The smallest absolute Gasteiger partial charge is 0.126 e. The van der Waals surface area contributed by atoms with Crippen LogP contribution in [0.5, 0.6) is 0 Å². The molecule has 2 saturated heterocycles. The van der Waals surface area contributed by atoms with Gasteiger partial charge in [0.15, 0.2) is 0 Å². The molecule has 0 bridgehead atoms. The first kappa shape index (κ1) is 17.4. The number of rotatable bonds is 0. The molecule has 8 unspecified atom stereocenters. The molecular formula is C18H26F2S4. The summed E-state index contributed by atoms with van der Waals surface area (Å²) in [5.74, 6) is 0. The normalized spacial score (nSPS) is 57.2. The molecular weight excluding hydrogens is 382 g/mol. The van der Waals surface area contributed by atoms with Gasteiger partial charge in [-0.2, -0.15) is 0 Å². The summed E-state index contributed by atoms with van der Waals surface area (Å²) < 4.78 is 31.0. The van der Waals surface area contributed by atoms with E-state index < -0.39 is 12.3 Å². The van der Waals surface area contributed by atoms with E-state index in [-0.39, 0.29) is 21.0 Å². The van der Waals surface area contributed by atoms with E-state index in [1.54, 1.807) is 0 Å². The zero-order valence-corrected chi connectivity index (χ0v) is 17.1. The quantitative estimate of drug-likeness (QED) is 0.501. The Bertz CT molecular complexity index is 396. The van der Waals surface area contributed by atoms with Gasteiger partial charge in [0.05, 0.1) is 21.0 Å². The van der Waals surface area contributed by atoms with Crippen LogP contribution in [0.25, 0.3) is 0 Å². The van der Waals surface area contributed by atoms with Crippen molar-refractivity contribution in [1.29, 1.82) is 0 Å². The van der Waals surface area contributed by atoms with Crippen LogP contribution in [-0.2, 0) is 0 Å². The fourth-order valence-corrected chi connectivity index (χ4v) is 13.6. The van der Waals surface area contributed by atoms with Gasteiger partial charge in [0.1, 0.15) is 12.3 Å². The molecule has 2 heterocycles. The lowest BCUT2D eigenvalue weighted by molar-refractivity contribution is 0.192. The van der Waals surface area contributed by atoms with Crippen LogP contribution in [0.1, 0.15) is 51.4 Å². The lowest BCUT2D eigenvalue weighted by Crippen LogP contribution is -2.61. The van der Waals surface area contributed by atoms with Crippen molar-refractivity contribution in [3.05, 3.63) is 0 Å². The van der Waals surface area contributed by atoms with Crippen molar-refractivity contribution in [2.75, 3.05) is 0 Å². The zero-order valence-electron chi connectivity index (χ0n) is 13.8. The molecule has 0 aromatic carbocycles. The molecule has 3 aliphatic carbocycles. The van der Waals surface area contributed by atoms with Crippen LogP contribution in [0.15, 0.2) is 0 Å². The second kappa shape index (κ2) is 7.01. The number of thioether (sulfide) groups is 4. The SMILES string of the molecule is FC1C2SC3CCCCC3SC2C(F)C2SC3CCCCC3SC12. The van der Waals surface area contributed by atoms with Gasteiger partial charge in [0, 0.05) is 21.0 Å². The van der Waals surface area contributed by atoms with Gasteiger partial charge in [-0.1, -0.05) is 25.7 Å². The average molecular weight is 409 g/mol. The largest absolute Gasteiger partial charge is 0.245 e. The van der Waals surface area contributed by atoms with Crippen LogP contribution in [0.3, 0.4) is 0 Å². The zero-order chi connectivity index (χ0) is 16.3. The monoisotopic (exact) mass is 408 g/mol. The van der Waals surface area contributed by atoms with Gasteiger partial charge in [-0.3, -0.25) is 0 Å². The maximum atomic E-state index is 15.5. The molecule has 2 aliphatic heterocycles. The summed E-state index contributed by atoms with van der Waals surface area (Å²) in [4.78, 5) is 0. The van der Waals surface area contributed by atoms with Gasteiger partial charge in [-0.25, -0.2) is 8.78 Å².